The average molecular weight is 230 g/mol. The molecule has 0 amide bonds. The first-order chi connectivity index (χ1) is 8.34. The van der Waals surface area contributed by atoms with Gasteiger partial charge in [0.1, 0.15) is 0 Å². The highest BCUT2D eigenvalue weighted by atomic mass is 16.5. The van der Waals surface area contributed by atoms with Crippen molar-refractivity contribution in [1.29, 1.82) is 0 Å². The van der Waals surface area contributed by atoms with Crippen molar-refractivity contribution in [2.75, 3.05) is 13.1 Å². The Hall–Kier alpha value is -1.75. The highest BCUT2D eigenvalue weighted by molar-refractivity contribution is 5.19. The molecule has 1 aliphatic rings. The fraction of sp³-hybridized carbons (Fsp3) is 0.417. The molecule has 3 rings (SSSR count). The van der Waals surface area contributed by atoms with Crippen LogP contribution in [0.2, 0.25) is 0 Å². The van der Waals surface area contributed by atoms with E-state index in [1.54, 1.807) is 0 Å². The molecule has 0 spiro atoms. The number of aromatic nitrogens is 3. The predicted octanol–water partition coefficient (Wildman–Crippen LogP) is 1.24. The molecule has 5 nitrogen and oxygen atoms in total. The van der Waals surface area contributed by atoms with Crippen LogP contribution in [0.25, 0.3) is 0 Å². The van der Waals surface area contributed by atoms with Crippen molar-refractivity contribution in [3.63, 3.8) is 0 Å². The number of nitrogens with zero attached hydrogens (tertiary/aromatic N) is 3. The molecule has 3 heterocycles. The maximum absolute atomic E-state index is 5.27. The molecule has 88 valence electrons. The lowest BCUT2D eigenvalue weighted by atomic mass is 9.92. The first kappa shape index (κ1) is 10.4. The normalized spacial score (nSPS) is 24.1. The van der Waals surface area contributed by atoms with E-state index in [9.17, 15) is 0 Å². The van der Waals surface area contributed by atoms with Crippen LogP contribution in [-0.4, -0.2) is 28.2 Å². The van der Waals surface area contributed by atoms with Gasteiger partial charge in [-0.15, -0.1) is 0 Å². The zero-order chi connectivity index (χ0) is 11.7. The molecule has 0 aromatic carbocycles. The molecule has 1 fully saturated rings. The van der Waals surface area contributed by atoms with E-state index in [0.29, 0.717) is 17.6 Å². The van der Waals surface area contributed by atoms with Crippen molar-refractivity contribution in [1.82, 2.24) is 20.4 Å². The molecule has 2 aromatic heterocycles. The second-order valence-corrected chi connectivity index (χ2v) is 4.31. The lowest BCUT2D eigenvalue weighted by Gasteiger charge is -2.13. The van der Waals surface area contributed by atoms with Gasteiger partial charge in [0, 0.05) is 30.9 Å². The van der Waals surface area contributed by atoms with Crippen LogP contribution in [0.15, 0.2) is 28.9 Å². The highest BCUT2D eigenvalue weighted by Gasteiger charge is 2.34. The number of aryl methyl sites for hydroxylation is 1. The Morgan fingerprint density at radius 2 is 2.18 bits per heavy atom. The SMILES string of the molecule is Cc1noc([C@H]2CNC[C@H]2c2ccccn2)n1. The van der Waals surface area contributed by atoms with Gasteiger partial charge in [0.05, 0.1) is 5.92 Å². The summed E-state index contributed by atoms with van der Waals surface area (Å²) in [5.41, 5.74) is 1.08. The molecule has 1 aliphatic heterocycles. The maximum atomic E-state index is 5.27. The van der Waals surface area contributed by atoms with Gasteiger partial charge in [0.25, 0.3) is 0 Å². The fourth-order valence-electron chi connectivity index (χ4n) is 2.31. The van der Waals surface area contributed by atoms with Crippen molar-refractivity contribution >= 4 is 0 Å². The molecule has 0 saturated carbocycles. The molecular formula is C12H14N4O. The van der Waals surface area contributed by atoms with E-state index in [2.05, 4.69) is 20.4 Å². The lowest BCUT2D eigenvalue weighted by Crippen LogP contribution is -2.10. The molecule has 0 aliphatic carbocycles. The molecule has 1 N–H and O–H groups in total. The summed E-state index contributed by atoms with van der Waals surface area (Å²) in [7, 11) is 0. The molecule has 1 saturated heterocycles. The highest BCUT2D eigenvalue weighted by Crippen LogP contribution is 2.33. The van der Waals surface area contributed by atoms with Crippen molar-refractivity contribution in [3.8, 4) is 0 Å². The van der Waals surface area contributed by atoms with E-state index in [1.807, 2.05) is 31.3 Å². The molecule has 0 unspecified atom stereocenters. The van der Waals surface area contributed by atoms with Gasteiger partial charge in [0.2, 0.25) is 5.89 Å². The Balaban J connectivity index is 1.90. The molecule has 5 heteroatoms. The molecule has 2 aromatic rings. The van der Waals surface area contributed by atoms with Gasteiger partial charge in [-0.05, 0) is 19.1 Å². The summed E-state index contributed by atoms with van der Waals surface area (Å²) in [5, 5.41) is 7.22. The van der Waals surface area contributed by atoms with E-state index in [0.717, 1.165) is 18.8 Å². The second-order valence-electron chi connectivity index (χ2n) is 4.31. The van der Waals surface area contributed by atoms with E-state index >= 15 is 0 Å². The van der Waals surface area contributed by atoms with E-state index in [1.165, 1.54) is 0 Å². The van der Waals surface area contributed by atoms with Gasteiger partial charge in [-0.25, -0.2) is 0 Å². The van der Waals surface area contributed by atoms with Crippen LogP contribution in [0.5, 0.6) is 0 Å². The molecular weight excluding hydrogens is 216 g/mol. The van der Waals surface area contributed by atoms with E-state index < -0.39 is 0 Å². The third-order valence-electron chi connectivity index (χ3n) is 3.14. The van der Waals surface area contributed by atoms with Gasteiger partial charge in [-0.1, -0.05) is 11.2 Å². The van der Waals surface area contributed by atoms with E-state index in [4.69, 9.17) is 4.52 Å². The third kappa shape index (κ3) is 1.93. The summed E-state index contributed by atoms with van der Waals surface area (Å²) in [6, 6.07) is 5.99. The number of pyridine rings is 1. The average Bonchev–Trinajstić information content (AvgIpc) is 2.98. The molecule has 0 radical (unpaired) electrons. The van der Waals surface area contributed by atoms with Gasteiger partial charge in [0.15, 0.2) is 5.82 Å². The first-order valence-corrected chi connectivity index (χ1v) is 5.76. The minimum Gasteiger partial charge on any atom is -0.339 e. The minimum absolute atomic E-state index is 0.228. The molecule has 17 heavy (non-hydrogen) atoms. The number of nitrogens with one attached hydrogen (secondary N) is 1. The van der Waals surface area contributed by atoms with Crippen LogP contribution in [0, 0.1) is 6.92 Å². The molecule has 2 atom stereocenters. The van der Waals surface area contributed by atoms with Crippen LogP contribution in [0.4, 0.5) is 0 Å². The summed E-state index contributed by atoms with van der Waals surface area (Å²) in [4.78, 5) is 8.74. The van der Waals surface area contributed by atoms with Crippen molar-refractivity contribution in [2.45, 2.75) is 18.8 Å². The van der Waals surface area contributed by atoms with E-state index in [-0.39, 0.29) is 5.92 Å². The topological polar surface area (TPSA) is 63.8 Å². The Morgan fingerprint density at radius 3 is 2.88 bits per heavy atom. The van der Waals surface area contributed by atoms with Gasteiger partial charge in [-0.2, -0.15) is 4.98 Å². The van der Waals surface area contributed by atoms with Crippen molar-refractivity contribution < 1.29 is 4.52 Å². The quantitative estimate of drug-likeness (QED) is 0.841. The van der Waals surface area contributed by atoms with Crippen LogP contribution in [0.1, 0.15) is 29.2 Å². The summed E-state index contributed by atoms with van der Waals surface area (Å²) in [5.74, 6) is 1.94. The number of hydrogen-bond acceptors (Lipinski definition) is 5. The van der Waals surface area contributed by atoms with Gasteiger partial charge >= 0.3 is 0 Å². The zero-order valence-corrected chi connectivity index (χ0v) is 9.63. The summed E-state index contributed by atoms with van der Waals surface area (Å²) < 4.78 is 5.27. The zero-order valence-electron chi connectivity index (χ0n) is 9.63. The van der Waals surface area contributed by atoms with Crippen LogP contribution in [-0.2, 0) is 0 Å². The predicted molar refractivity (Wildman–Crippen MR) is 61.6 cm³/mol. The largest absolute Gasteiger partial charge is 0.339 e. The van der Waals surface area contributed by atoms with Crippen molar-refractivity contribution in [2.24, 2.45) is 0 Å². The minimum atomic E-state index is 0.228. The lowest BCUT2D eigenvalue weighted by molar-refractivity contribution is 0.347. The second kappa shape index (κ2) is 4.25. The number of hydrogen-bond donors (Lipinski definition) is 1. The van der Waals surface area contributed by atoms with Gasteiger partial charge < -0.3 is 9.84 Å². The third-order valence-corrected chi connectivity index (χ3v) is 3.14. The van der Waals surface area contributed by atoms with Crippen LogP contribution >= 0.6 is 0 Å². The Kier molecular flexibility index (Phi) is 2.60. The first-order valence-electron chi connectivity index (χ1n) is 5.76. The Labute approximate surface area is 99.3 Å². The maximum Gasteiger partial charge on any atom is 0.231 e. The van der Waals surface area contributed by atoms with Crippen molar-refractivity contribution in [3.05, 3.63) is 41.8 Å². The smallest absolute Gasteiger partial charge is 0.231 e. The van der Waals surface area contributed by atoms with Crippen LogP contribution < -0.4 is 5.32 Å². The van der Waals surface area contributed by atoms with Crippen LogP contribution in [0.3, 0.4) is 0 Å². The molecule has 0 bridgehead atoms. The summed E-state index contributed by atoms with van der Waals surface area (Å²) in [6.07, 6.45) is 1.82. The Morgan fingerprint density at radius 1 is 1.29 bits per heavy atom. The van der Waals surface area contributed by atoms with Gasteiger partial charge in [-0.3, -0.25) is 4.98 Å². The Bertz CT molecular complexity index is 496. The summed E-state index contributed by atoms with van der Waals surface area (Å²) in [6.45, 7) is 3.61. The monoisotopic (exact) mass is 230 g/mol. The fourth-order valence-corrected chi connectivity index (χ4v) is 2.31. The summed E-state index contributed by atoms with van der Waals surface area (Å²) >= 11 is 0. The standard InChI is InChI=1S/C12H14N4O/c1-8-15-12(17-16-8)10-7-13-6-9(10)11-4-2-3-5-14-11/h2-5,9-10,13H,6-7H2,1H3/t9-,10+/m1/s1. The number of rotatable bonds is 2.